The molecule has 0 saturated carbocycles. The maximum absolute atomic E-state index is 5.72. The van der Waals surface area contributed by atoms with Gasteiger partial charge in [-0.15, -0.1) is 0 Å². The van der Waals surface area contributed by atoms with Crippen LogP contribution in [0.3, 0.4) is 0 Å². The summed E-state index contributed by atoms with van der Waals surface area (Å²) in [6, 6.07) is 0. The molecule has 0 aromatic heterocycles. The van der Waals surface area contributed by atoms with E-state index in [0.29, 0.717) is 0 Å². The Kier molecular flexibility index (Phi) is 12.0. The second-order valence-electron chi connectivity index (χ2n) is 4.39. The van der Waals surface area contributed by atoms with E-state index in [4.69, 9.17) is 11.8 Å². The Bertz CT molecular complexity index is 179. The third kappa shape index (κ3) is 10.2. The second kappa shape index (κ2) is 11.6. The van der Waals surface area contributed by atoms with E-state index in [-0.39, 0.29) is 0 Å². The summed E-state index contributed by atoms with van der Waals surface area (Å²) in [6.45, 7) is 7.96. The van der Waals surface area contributed by atoms with Gasteiger partial charge in [-0.3, -0.25) is 15.3 Å². The first-order chi connectivity index (χ1) is 8.18. The second-order valence-corrected chi connectivity index (χ2v) is 8.20. The van der Waals surface area contributed by atoms with Gasteiger partial charge in [-0.05, 0) is 31.1 Å². The molecule has 3 N–H and O–H groups in total. The minimum absolute atomic E-state index is 1.02. The van der Waals surface area contributed by atoms with Crippen molar-refractivity contribution < 1.29 is 0 Å². The van der Waals surface area contributed by atoms with Gasteiger partial charge in [0.1, 0.15) is 6.49 Å². The van der Waals surface area contributed by atoms with Gasteiger partial charge in [0.25, 0.3) is 0 Å². The van der Waals surface area contributed by atoms with E-state index >= 15 is 0 Å². The molecule has 0 radical (unpaired) electrons. The molecule has 17 heavy (non-hydrogen) atoms. The first-order valence-electron chi connectivity index (χ1n) is 7.04. The van der Waals surface area contributed by atoms with Crippen LogP contribution in [0, 0.1) is 0 Å². The predicted molar refractivity (Wildman–Crippen MR) is 83.0 cm³/mol. The van der Waals surface area contributed by atoms with E-state index in [9.17, 15) is 0 Å². The van der Waals surface area contributed by atoms with Crippen LogP contribution < -0.4 is 15.3 Å². The van der Waals surface area contributed by atoms with Gasteiger partial charge in [0.15, 0.2) is 0 Å². The Morgan fingerprint density at radius 2 is 1.00 bits per heavy atom. The smallest absolute Gasteiger partial charge is 0.137 e. The summed E-state index contributed by atoms with van der Waals surface area (Å²) in [5.74, 6) is 0. The Balaban J connectivity index is 4.00. The van der Waals surface area contributed by atoms with Crippen molar-refractivity contribution in [2.75, 3.05) is 19.6 Å². The van der Waals surface area contributed by atoms with Crippen LogP contribution >= 0.6 is 6.49 Å². The number of hydrogen-bond acceptors (Lipinski definition) is 1. The summed E-state index contributed by atoms with van der Waals surface area (Å²) in [5.41, 5.74) is 0. The minimum atomic E-state index is -1.73. The SMILES string of the molecule is CCCCNP(=S)(NCCCC)NCCCC. The van der Waals surface area contributed by atoms with Gasteiger partial charge >= 0.3 is 0 Å². The normalized spacial score (nSPS) is 11.9. The van der Waals surface area contributed by atoms with Crippen molar-refractivity contribution in [3.8, 4) is 0 Å². The maximum Gasteiger partial charge on any atom is 0.137 e. The zero-order valence-corrected chi connectivity index (χ0v) is 13.4. The van der Waals surface area contributed by atoms with Gasteiger partial charge in [-0.2, -0.15) is 0 Å². The standard InChI is InChI=1S/C12H30N3PS/c1-4-7-10-13-16(17,14-11-8-5-2)15-12-9-6-3/h4-12H2,1-3H3,(H3,13,14,15,17). The van der Waals surface area contributed by atoms with Crippen LogP contribution in [0.5, 0.6) is 0 Å². The third-order valence-corrected chi connectivity index (χ3v) is 5.76. The van der Waals surface area contributed by atoms with E-state index in [1.54, 1.807) is 0 Å². The molecule has 0 amide bonds. The lowest BCUT2D eigenvalue weighted by Crippen LogP contribution is -2.33. The van der Waals surface area contributed by atoms with Crippen LogP contribution in [0.2, 0.25) is 0 Å². The number of rotatable bonds is 12. The van der Waals surface area contributed by atoms with E-state index < -0.39 is 6.49 Å². The summed E-state index contributed by atoms with van der Waals surface area (Å²) in [7, 11) is 0. The maximum atomic E-state index is 5.72. The quantitative estimate of drug-likeness (QED) is 0.378. The molecule has 3 nitrogen and oxygen atoms in total. The van der Waals surface area contributed by atoms with Crippen LogP contribution in [0.25, 0.3) is 0 Å². The summed E-state index contributed by atoms with van der Waals surface area (Å²) < 4.78 is 0. The first kappa shape index (κ1) is 17.5. The van der Waals surface area contributed by atoms with Crippen LogP contribution in [-0.2, 0) is 11.8 Å². The molecule has 0 heterocycles. The van der Waals surface area contributed by atoms with E-state index in [0.717, 1.165) is 19.6 Å². The van der Waals surface area contributed by atoms with Gasteiger partial charge < -0.3 is 0 Å². The highest BCUT2D eigenvalue weighted by molar-refractivity contribution is 8.11. The fraction of sp³-hybridized carbons (Fsp3) is 1.00. The average molecular weight is 279 g/mol. The van der Waals surface area contributed by atoms with Gasteiger partial charge in [0, 0.05) is 19.6 Å². The molecule has 0 spiro atoms. The topological polar surface area (TPSA) is 36.1 Å². The lowest BCUT2D eigenvalue weighted by atomic mass is 10.3. The van der Waals surface area contributed by atoms with Crippen molar-refractivity contribution in [2.45, 2.75) is 59.3 Å². The summed E-state index contributed by atoms with van der Waals surface area (Å²) >= 11 is 5.72. The number of nitrogens with one attached hydrogen (secondary N) is 3. The molecule has 0 aliphatic carbocycles. The molecular formula is C12H30N3PS. The zero-order valence-electron chi connectivity index (χ0n) is 11.7. The van der Waals surface area contributed by atoms with Crippen LogP contribution in [-0.4, -0.2) is 19.6 Å². The molecule has 0 aliphatic rings. The molecule has 0 aromatic carbocycles. The molecule has 104 valence electrons. The molecular weight excluding hydrogens is 249 g/mol. The number of unbranched alkanes of at least 4 members (excludes halogenated alkanes) is 3. The first-order valence-corrected chi connectivity index (χ1v) is 9.84. The van der Waals surface area contributed by atoms with Crippen LogP contribution in [0.1, 0.15) is 59.3 Å². The van der Waals surface area contributed by atoms with E-state index in [1.807, 2.05) is 0 Å². The molecule has 5 heteroatoms. The van der Waals surface area contributed by atoms with Crippen LogP contribution in [0.15, 0.2) is 0 Å². The molecule has 0 aliphatic heterocycles. The van der Waals surface area contributed by atoms with Gasteiger partial charge in [0.05, 0.1) is 0 Å². The summed E-state index contributed by atoms with van der Waals surface area (Å²) in [5, 5.41) is 10.6. The third-order valence-electron chi connectivity index (χ3n) is 2.59. The molecule has 0 atom stereocenters. The molecule has 0 aromatic rings. The Labute approximate surface area is 113 Å². The highest BCUT2D eigenvalue weighted by Gasteiger charge is 2.13. The fourth-order valence-corrected chi connectivity index (χ4v) is 3.98. The van der Waals surface area contributed by atoms with Gasteiger partial charge in [-0.1, -0.05) is 40.0 Å². The lowest BCUT2D eigenvalue weighted by Gasteiger charge is -2.25. The average Bonchev–Trinajstić information content (AvgIpc) is 2.30. The number of hydrogen-bond donors (Lipinski definition) is 3. The summed E-state index contributed by atoms with van der Waals surface area (Å²) in [4.78, 5) is 0. The highest BCUT2D eigenvalue weighted by Crippen LogP contribution is 2.30. The Morgan fingerprint density at radius 3 is 1.24 bits per heavy atom. The van der Waals surface area contributed by atoms with E-state index in [1.165, 1.54) is 38.5 Å². The highest BCUT2D eigenvalue weighted by atomic mass is 32.4. The lowest BCUT2D eigenvalue weighted by molar-refractivity contribution is 0.711. The predicted octanol–water partition coefficient (Wildman–Crippen LogP) is 3.38. The minimum Gasteiger partial charge on any atom is -0.266 e. The molecule has 0 bridgehead atoms. The van der Waals surface area contributed by atoms with Crippen LogP contribution in [0.4, 0.5) is 0 Å². The van der Waals surface area contributed by atoms with E-state index in [2.05, 4.69) is 36.0 Å². The Morgan fingerprint density at radius 1 is 0.706 bits per heavy atom. The van der Waals surface area contributed by atoms with Crippen molar-refractivity contribution in [3.05, 3.63) is 0 Å². The van der Waals surface area contributed by atoms with Gasteiger partial charge in [0.2, 0.25) is 0 Å². The fourth-order valence-electron chi connectivity index (χ4n) is 1.41. The van der Waals surface area contributed by atoms with Crippen molar-refractivity contribution in [2.24, 2.45) is 0 Å². The molecule has 0 unspecified atom stereocenters. The van der Waals surface area contributed by atoms with Crippen molar-refractivity contribution in [3.63, 3.8) is 0 Å². The van der Waals surface area contributed by atoms with Crippen molar-refractivity contribution >= 4 is 18.3 Å². The monoisotopic (exact) mass is 279 g/mol. The van der Waals surface area contributed by atoms with Gasteiger partial charge in [-0.25, -0.2) is 0 Å². The van der Waals surface area contributed by atoms with Crippen molar-refractivity contribution in [1.82, 2.24) is 15.3 Å². The largest absolute Gasteiger partial charge is 0.266 e. The van der Waals surface area contributed by atoms with Crippen molar-refractivity contribution in [1.29, 1.82) is 0 Å². The zero-order chi connectivity index (χ0) is 13.0. The molecule has 0 saturated heterocycles. The molecule has 0 fully saturated rings. The summed E-state index contributed by atoms with van der Waals surface area (Å²) in [6.07, 6.45) is 7.24. The molecule has 0 rings (SSSR count). The Hall–Kier alpha value is 0.530.